The van der Waals surface area contributed by atoms with Gasteiger partial charge in [-0.25, -0.2) is 0 Å². The fraction of sp³-hybridized carbons (Fsp3) is 0.242. The van der Waals surface area contributed by atoms with Gasteiger partial charge in [0.1, 0.15) is 5.69 Å². The first-order valence-corrected chi connectivity index (χ1v) is 14.1. The molecule has 2 amide bonds. The molecule has 9 heteroatoms. The minimum absolute atomic E-state index is 0.155. The summed E-state index contributed by atoms with van der Waals surface area (Å²) in [6, 6.07) is 24.7. The predicted molar refractivity (Wildman–Crippen MR) is 164 cm³/mol. The van der Waals surface area contributed by atoms with E-state index in [0.717, 1.165) is 44.8 Å². The Hall–Kier alpha value is -4.73. The lowest BCUT2D eigenvalue weighted by atomic mass is 10.0. The topological polar surface area (TPSA) is 107 Å². The molecule has 0 unspecified atom stereocenters. The van der Waals surface area contributed by atoms with Gasteiger partial charge in [-0.1, -0.05) is 0 Å². The molecule has 1 fully saturated rings. The molecule has 0 saturated carbocycles. The summed E-state index contributed by atoms with van der Waals surface area (Å²) in [7, 11) is 1.80. The number of aliphatic hydroxyl groups excluding tert-OH is 1. The number of aliphatic hydroxyl groups is 1. The molecule has 0 atom stereocenters. The first-order valence-electron chi connectivity index (χ1n) is 14.1. The molecule has 4 aromatic rings. The van der Waals surface area contributed by atoms with Crippen LogP contribution in [0.4, 0.5) is 17.1 Å². The van der Waals surface area contributed by atoms with Crippen molar-refractivity contribution in [3.63, 3.8) is 0 Å². The monoisotopic (exact) mass is 565 g/mol. The summed E-state index contributed by atoms with van der Waals surface area (Å²) < 4.78 is 1.74. The molecule has 3 aromatic carbocycles. The summed E-state index contributed by atoms with van der Waals surface area (Å²) in [5.41, 5.74) is 4.37. The molecule has 0 aliphatic carbocycles. The number of hydrogen-bond donors (Lipinski definition) is 3. The minimum Gasteiger partial charge on any atom is -0.396 e. The lowest BCUT2D eigenvalue weighted by Crippen LogP contribution is -2.46. The Morgan fingerprint density at radius 2 is 1.26 bits per heavy atom. The highest BCUT2D eigenvalue weighted by atomic mass is 16.3. The zero-order valence-electron chi connectivity index (χ0n) is 23.6. The first kappa shape index (κ1) is 28.8. The number of ketones is 1. The fourth-order valence-corrected chi connectivity index (χ4v) is 5.02. The number of carbonyl (C=O) groups excluding carboxylic acids is 3. The zero-order chi connectivity index (χ0) is 29.5. The molecule has 1 aliphatic rings. The highest BCUT2D eigenvalue weighted by molar-refractivity contribution is 6.10. The molecular formula is C33H35N5O4. The van der Waals surface area contributed by atoms with E-state index in [2.05, 4.69) is 20.4 Å². The molecule has 2 heterocycles. The number of piperazine rings is 1. The van der Waals surface area contributed by atoms with Crippen molar-refractivity contribution in [2.75, 3.05) is 54.9 Å². The Labute approximate surface area is 245 Å². The van der Waals surface area contributed by atoms with E-state index >= 15 is 0 Å². The van der Waals surface area contributed by atoms with Gasteiger partial charge in [0.2, 0.25) is 0 Å². The summed E-state index contributed by atoms with van der Waals surface area (Å²) in [5, 5.41) is 14.8. The number of aryl methyl sites for hydroxylation is 1. The SMILES string of the molecule is Cn1cccc1C(=O)Nc1ccc(C(=O)c2ccc(NC(=O)c3ccc(N4CCN(CCCO)CC4)cc3)cc2)cc1. The summed E-state index contributed by atoms with van der Waals surface area (Å²) in [6.07, 6.45) is 2.60. The number of amides is 2. The number of carbonyl (C=O) groups is 3. The van der Waals surface area contributed by atoms with Crippen molar-refractivity contribution in [1.82, 2.24) is 9.47 Å². The van der Waals surface area contributed by atoms with E-state index in [1.807, 2.05) is 24.3 Å². The number of anilines is 3. The van der Waals surface area contributed by atoms with Crippen LogP contribution >= 0.6 is 0 Å². The van der Waals surface area contributed by atoms with Crippen LogP contribution in [0.1, 0.15) is 43.2 Å². The highest BCUT2D eigenvalue weighted by Crippen LogP contribution is 2.20. The third-order valence-electron chi connectivity index (χ3n) is 7.49. The van der Waals surface area contributed by atoms with Crippen molar-refractivity contribution in [2.45, 2.75) is 6.42 Å². The molecule has 1 saturated heterocycles. The second-order valence-electron chi connectivity index (χ2n) is 10.3. The Balaban J connectivity index is 1.13. The largest absolute Gasteiger partial charge is 0.396 e. The molecule has 9 nitrogen and oxygen atoms in total. The lowest BCUT2D eigenvalue weighted by Gasteiger charge is -2.36. The van der Waals surface area contributed by atoms with Crippen molar-refractivity contribution in [1.29, 1.82) is 0 Å². The molecular weight excluding hydrogens is 530 g/mol. The maximum atomic E-state index is 13.0. The van der Waals surface area contributed by atoms with Crippen LogP contribution in [0.5, 0.6) is 0 Å². The van der Waals surface area contributed by atoms with Crippen molar-refractivity contribution in [2.24, 2.45) is 7.05 Å². The number of nitrogens with zero attached hydrogens (tertiary/aromatic N) is 3. The maximum Gasteiger partial charge on any atom is 0.272 e. The van der Waals surface area contributed by atoms with Gasteiger partial charge in [-0.15, -0.1) is 0 Å². The molecule has 216 valence electrons. The van der Waals surface area contributed by atoms with Gasteiger partial charge < -0.3 is 25.2 Å². The molecule has 0 radical (unpaired) electrons. The van der Waals surface area contributed by atoms with Crippen LogP contribution in [0.3, 0.4) is 0 Å². The first-order chi connectivity index (χ1) is 20.4. The van der Waals surface area contributed by atoms with Crippen LogP contribution in [0.15, 0.2) is 91.1 Å². The summed E-state index contributed by atoms with van der Waals surface area (Å²) in [5.74, 6) is -0.597. The van der Waals surface area contributed by atoms with Crippen LogP contribution in [-0.2, 0) is 7.05 Å². The fourth-order valence-electron chi connectivity index (χ4n) is 5.02. The van der Waals surface area contributed by atoms with Crippen LogP contribution in [0.25, 0.3) is 0 Å². The standard InChI is InChI=1S/C33H35N5O4/c1-36-17-2-4-30(36)33(42)35-28-13-7-25(8-14-28)31(40)24-5-11-27(12-6-24)34-32(41)26-9-15-29(16-10-26)38-21-19-37(20-22-38)18-3-23-39/h2,4-17,39H,3,18-23H2,1H3,(H,34,41)(H,35,42). The Bertz CT molecular complexity index is 1520. The van der Waals surface area contributed by atoms with Crippen LogP contribution in [-0.4, -0.2) is 71.5 Å². The second-order valence-corrected chi connectivity index (χ2v) is 10.3. The van der Waals surface area contributed by atoms with Crippen LogP contribution in [0.2, 0.25) is 0 Å². The number of aromatic nitrogens is 1. The molecule has 0 bridgehead atoms. The van der Waals surface area contributed by atoms with Crippen molar-refractivity contribution < 1.29 is 19.5 Å². The average Bonchev–Trinajstić information content (AvgIpc) is 3.46. The number of rotatable bonds is 10. The van der Waals surface area contributed by atoms with Crippen molar-refractivity contribution >= 4 is 34.7 Å². The molecule has 42 heavy (non-hydrogen) atoms. The third kappa shape index (κ3) is 6.94. The smallest absolute Gasteiger partial charge is 0.272 e. The Morgan fingerprint density at radius 1 is 0.714 bits per heavy atom. The molecule has 3 N–H and O–H groups in total. The number of nitrogens with one attached hydrogen (secondary N) is 2. The van der Waals surface area contributed by atoms with E-state index in [-0.39, 0.29) is 24.2 Å². The van der Waals surface area contributed by atoms with E-state index in [4.69, 9.17) is 5.11 Å². The lowest BCUT2D eigenvalue weighted by molar-refractivity contribution is 0.101. The van der Waals surface area contributed by atoms with Gasteiger partial charge in [0.15, 0.2) is 5.78 Å². The van der Waals surface area contributed by atoms with Crippen LogP contribution < -0.4 is 15.5 Å². The van der Waals surface area contributed by atoms with E-state index in [0.29, 0.717) is 33.8 Å². The van der Waals surface area contributed by atoms with Gasteiger partial charge in [-0.2, -0.15) is 0 Å². The van der Waals surface area contributed by atoms with Gasteiger partial charge in [-0.3, -0.25) is 19.3 Å². The summed E-state index contributed by atoms with van der Waals surface area (Å²) in [6.45, 7) is 4.88. The molecule has 1 aromatic heterocycles. The van der Waals surface area contributed by atoms with E-state index < -0.39 is 0 Å². The van der Waals surface area contributed by atoms with Crippen molar-refractivity contribution in [3.8, 4) is 0 Å². The third-order valence-corrected chi connectivity index (χ3v) is 7.49. The highest BCUT2D eigenvalue weighted by Gasteiger charge is 2.17. The predicted octanol–water partition coefficient (Wildman–Crippen LogP) is 4.27. The van der Waals surface area contributed by atoms with Gasteiger partial charge in [0, 0.05) is 86.3 Å². The molecule has 0 spiro atoms. The van der Waals surface area contributed by atoms with Gasteiger partial charge in [0.05, 0.1) is 0 Å². The Kier molecular flexibility index (Phi) is 9.11. The normalized spacial score (nSPS) is 13.5. The molecule has 1 aliphatic heterocycles. The summed E-state index contributed by atoms with van der Waals surface area (Å²) in [4.78, 5) is 42.9. The number of hydrogen-bond acceptors (Lipinski definition) is 6. The van der Waals surface area contributed by atoms with E-state index in [9.17, 15) is 14.4 Å². The maximum absolute atomic E-state index is 13.0. The van der Waals surface area contributed by atoms with Crippen molar-refractivity contribution in [3.05, 3.63) is 114 Å². The summed E-state index contributed by atoms with van der Waals surface area (Å²) >= 11 is 0. The second kappa shape index (κ2) is 13.3. The molecule has 5 rings (SSSR count). The number of benzene rings is 3. The van der Waals surface area contributed by atoms with Gasteiger partial charge >= 0.3 is 0 Å². The van der Waals surface area contributed by atoms with E-state index in [1.165, 1.54) is 0 Å². The van der Waals surface area contributed by atoms with Gasteiger partial charge in [0.25, 0.3) is 11.8 Å². The quantitative estimate of drug-likeness (QED) is 0.248. The average molecular weight is 566 g/mol. The van der Waals surface area contributed by atoms with E-state index in [1.54, 1.807) is 78.5 Å². The minimum atomic E-state index is -0.223. The zero-order valence-corrected chi connectivity index (χ0v) is 23.6. The Morgan fingerprint density at radius 3 is 1.79 bits per heavy atom. The van der Waals surface area contributed by atoms with Crippen LogP contribution in [0, 0.1) is 0 Å². The van der Waals surface area contributed by atoms with Gasteiger partial charge in [-0.05, 0) is 91.3 Å².